The molecule has 2 rings (SSSR count). The number of ether oxygens (including phenoxy) is 1. The van der Waals surface area contributed by atoms with Crippen molar-refractivity contribution in [3.05, 3.63) is 0 Å². The van der Waals surface area contributed by atoms with Crippen molar-refractivity contribution in [2.45, 2.75) is 50.7 Å². The van der Waals surface area contributed by atoms with E-state index in [1.165, 1.54) is 32.1 Å². The summed E-state index contributed by atoms with van der Waals surface area (Å²) < 4.78 is 5.78. The van der Waals surface area contributed by atoms with E-state index in [0.29, 0.717) is 12.0 Å². The molecule has 1 heterocycles. The van der Waals surface area contributed by atoms with Gasteiger partial charge in [0.1, 0.15) is 0 Å². The molecule has 1 aliphatic carbocycles. The van der Waals surface area contributed by atoms with E-state index in [4.69, 9.17) is 10.5 Å². The monoisotopic (exact) mass is 212 g/mol. The molecular formula is C12H24N2O. The Hall–Kier alpha value is -0.120. The third kappa shape index (κ3) is 2.71. The van der Waals surface area contributed by atoms with Gasteiger partial charge in [0.25, 0.3) is 0 Å². The van der Waals surface area contributed by atoms with Gasteiger partial charge < -0.3 is 15.8 Å². The third-order valence-electron chi connectivity index (χ3n) is 4.00. The standard InChI is InChI=1S/C12H24N2O/c1-12(6-3-7-15-12)9-14-11-5-2-4-10(11)8-13/h10-11,14H,2-9,13H2,1H3. The Morgan fingerprint density at radius 1 is 1.40 bits per heavy atom. The highest BCUT2D eigenvalue weighted by Crippen LogP contribution is 2.27. The van der Waals surface area contributed by atoms with E-state index in [1.807, 2.05) is 0 Å². The Labute approximate surface area is 92.7 Å². The van der Waals surface area contributed by atoms with Crippen LogP contribution in [0.15, 0.2) is 0 Å². The molecule has 3 N–H and O–H groups in total. The van der Waals surface area contributed by atoms with Gasteiger partial charge in [-0.25, -0.2) is 0 Å². The Bertz CT molecular complexity index is 202. The molecule has 3 nitrogen and oxygen atoms in total. The Kier molecular flexibility index (Phi) is 3.65. The lowest BCUT2D eigenvalue weighted by molar-refractivity contribution is 0.0179. The van der Waals surface area contributed by atoms with Crippen LogP contribution in [0, 0.1) is 5.92 Å². The van der Waals surface area contributed by atoms with E-state index in [9.17, 15) is 0 Å². The first-order chi connectivity index (χ1) is 7.23. The predicted molar refractivity (Wildman–Crippen MR) is 61.8 cm³/mol. The zero-order chi connectivity index (χ0) is 10.7. The fourth-order valence-corrected chi connectivity index (χ4v) is 2.91. The highest BCUT2D eigenvalue weighted by Gasteiger charge is 2.32. The Balaban J connectivity index is 1.77. The number of nitrogens with two attached hydrogens (primary N) is 1. The number of hydrogen-bond acceptors (Lipinski definition) is 3. The minimum atomic E-state index is 0.0851. The highest BCUT2D eigenvalue weighted by atomic mass is 16.5. The predicted octanol–water partition coefficient (Wildman–Crippen LogP) is 1.27. The molecule has 0 amide bonds. The fraction of sp³-hybridized carbons (Fsp3) is 1.00. The average molecular weight is 212 g/mol. The number of rotatable bonds is 4. The quantitative estimate of drug-likeness (QED) is 0.738. The molecule has 88 valence electrons. The molecule has 1 aliphatic heterocycles. The van der Waals surface area contributed by atoms with Crippen LogP contribution in [0.1, 0.15) is 39.0 Å². The molecule has 1 saturated heterocycles. The molecule has 2 aliphatic rings. The molecule has 1 saturated carbocycles. The van der Waals surface area contributed by atoms with Gasteiger partial charge >= 0.3 is 0 Å². The average Bonchev–Trinajstić information content (AvgIpc) is 2.84. The maximum atomic E-state index is 5.78. The normalized spacial score (nSPS) is 41.2. The molecule has 0 aromatic heterocycles. The van der Waals surface area contributed by atoms with Crippen LogP contribution in [0.3, 0.4) is 0 Å². The van der Waals surface area contributed by atoms with E-state index in [1.54, 1.807) is 0 Å². The molecule has 0 aromatic rings. The van der Waals surface area contributed by atoms with Gasteiger partial charge in [-0.3, -0.25) is 0 Å². The first-order valence-corrected chi connectivity index (χ1v) is 6.31. The molecular weight excluding hydrogens is 188 g/mol. The van der Waals surface area contributed by atoms with Gasteiger partial charge in [-0.2, -0.15) is 0 Å². The van der Waals surface area contributed by atoms with Crippen molar-refractivity contribution < 1.29 is 4.74 Å². The lowest BCUT2D eigenvalue weighted by Gasteiger charge is -2.28. The topological polar surface area (TPSA) is 47.3 Å². The van der Waals surface area contributed by atoms with Crippen molar-refractivity contribution in [2.24, 2.45) is 11.7 Å². The molecule has 3 heteroatoms. The van der Waals surface area contributed by atoms with E-state index >= 15 is 0 Å². The summed E-state index contributed by atoms with van der Waals surface area (Å²) in [6.45, 7) is 4.98. The summed E-state index contributed by atoms with van der Waals surface area (Å²) >= 11 is 0. The minimum absolute atomic E-state index is 0.0851. The van der Waals surface area contributed by atoms with Crippen molar-refractivity contribution in [2.75, 3.05) is 19.7 Å². The molecule has 0 radical (unpaired) electrons. The largest absolute Gasteiger partial charge is 0.374 e. The summed E-state index contributed by atoms with van der Waals surface area (Å²) in [5.41, 5.74) is 5.85. The number of hydrogen-bond donors (Lipinski definition) is 2. The summed E-state index contributed by atoms with van der Waals surface area (Å²) in [6.07, 6.45) is 6.32. The fourth-order valence-electron chi connectivity index (χ4n) is 2.91. The van der Waals surface area contributed by atoms with E-state index in [-0.39, 0.29) is 5.60 Å². The van der Waals surface area contributed by atoms with Crippen molar-refractivity contribution in [3.63, 3.8) is 0 Å². The molecule has 0 bridgehead atoms. The summed E-state index contributed by atoms with van der Waals surface area (Å²) in [5, 5.41) is 3.66. The second-order valence-electron chi connectivity index (χ2n) is 5.32. The van der Waals surface area contributed by atoms with Crippen molar-refractivity contribution >= 4 is 0 Å². The van der Waals surface area contributed by atoms with Crippen LogP contribution >= 0.6 is 0 Å². The van der Waals surface area contributed by atoms with Gasteiger partial charge in [0.15, 0.2) is 0 Å². The van der Waals surface area contributed by atoms with Crippen LogP contribution < -0.4 is 11.1 Å². The van der Waals surface area contributed by atoms with Gasteiger partial charge in [-0.15, -0.1) is 0 Å². The van der Waals surface area contributed by atoms with Crippen molar-refractivity contribution in [1.29, 1.82) is 0 Å². The molecule has 3 atom stereocenters. The van der Waals surface area contributed by atoms with Crippen molar-refractivity contribution in [3.8, 4) is 0 Å². The van der Waals surface area contributed by atoms with Crippen LogP contribution in [0.4, 0.5) is 0 Å². The van der Waals surface area contributed by atoms with Gasteiger partial charge in [-0.05, 0) is 45.1 Å². The molecule has 0 spiro atoms. The third-order valence-corrected chi connectivity index (χ3v) is 4.00. The van der Waals surface area contributed by atoms with E-state index in [0.717, 1.165) is 19.7 Å². The number of nitrogens with one attached hydrogen (secondary N) is 1. The van der Waals surface area contributed by atoms with Crippen LogP contribution in [0.5, 0.6) is 0 Å². The van der Waals surface area contributed by atoms with Crippen LogP contribution in [-0.2, 0) is 4.74 Å². The summed E-state index contributed by atoms with van der Waals surface area (Å²) in [5.74, 6) is 0.690. The first-order valence-electron chi connectivity index (χ1n) is 6.31. The molecule has 15 heavy (non-hydrogen) atoms. The maximum absolute atomic E-state index is 5.78. The van der Waals surface area contributed by atoms with Gasteiger partial charge in [0, 0.05) is 19.2 Å². The summed E-state index contributed by atoms with van der Waals surface area (Å²) in [7, 11) is 0. The Morgan fingerprint density at radius 2 is 2.27 bits per heavy atom. The van der Waals surface area contributed by atoms with Crippen LogP contribution in [-0.4, -0.2) is 31.3 Å². The smallest absolute Gasteiger partial charge is 0.0779 e. The lowest BCUT2D eigenvalue weighted by Crippen LogP contribution is -2.44. The second-order valence-corrected chi connectivity index (χ2v) is 5.32. The highest BCUT2D eigenvalue weighted by molar-refractivity contribution is 4.88. The second kappa shape index (κ2) is 4.81. The summed E-state index contributed by atoms with van der Waals surface area (Å²) in [4.78, 5) is 0. The minimum Gasteiger partial charge on any atom is -0.374 e. The molecule has 3 unspecified atom stereocenters. The maximum Gasteiger partial charge on any atom is 0.0779 e. The molecule has 0 aromatic carbocycles. The summed E-state index contributed by atoms with van der Waals surface area (Å²) in [6, 6.07) is 0.635. The SMILES string of the molecule is CC1(CNC2CCCC2CN)CCCO1. The lowest BCUT2D eigenvalue weighted by atomic mass is 10.00. The van der Waals surface area contributed by atoms with Gasteiger partial charge in [0.2, 0.25) is 0 Å². The van der Waals surface area contributed by atoms with E-state index in [2.05, 4.69) is 12.2 Å². The van der Waals surface area contributed by atoms with Crippen molar-refractivity contribution in [1.82, 2.24) is 5.32 Å². The first kappa shape index (κ1) is 11.4. The molecule has 2 fully saturated rings. The van der Waals surface area contributed by atoms with Crippen LogP contribution in [0.25, 0.3) is 0 Å². The van der Waals surface area contributed by atoms with Gasteiger partial charge in [-0.1, -0.05) is 6.42 Å². The zero-order valence-electron chi connectivity index (χ0n) is 9.80. The Morgan fingerprint density at radius 3 is 2.93 bits per heavy atom. The van der Waals surface area contributed by atoms with Crippen LogP contribution in [0.2, 0.25) is 0 Å². The van der Waals surface area contributed by atoms with Gasteiger partial charge in [0.05, 0.1) is 5.60 Å². The van der Waals surface area contributed by atoms with E-state index < -0.39 is 0 Å². The zero-order valence-corrected chi connectivity index (χ0v) is 9.80.